The maximum atomic E-state index is 9.40. The highest BCUT2D eigenvalue weighted by molar-refractivity contribution is 5.43. The summed E-state index contributed by atoms with van der Waals surface area (Å²) in [5.74, 6) is 0. The summed E-state index contributed by atoms with van der Waals surface area (Å²) in [7, 11) is 3.86. The fourth-order valence-corrected chi connectivity index (χ4v) is 2.00. The molecule has 0 spiro atoms. The average molecular weight is 242 g/mol. The highest BCUT2D eigenvalue weighted by atomic mass is 15.1. The van der Waals surface area contributed by atoms with E-state index in [4.69, 9.17) is 0 Å². The summed E-state index contributed by atoms with van der Waals surface area (Å²) in [6, 6.07) is 8.33. The second-order valence-corrected chi connectivity index (χ2v) is 5.03. The number of imidazole rings is 1. The van der Waals surface area contributed by atoms with Crippen molar-refractivity contribution in [3.05, 3.63) is 35.8 Å². The molecule has 4 heteroatoms. The summed E-state index contributed by atoms with van der Waals surface area (Å²) in [4.78, 5) is 6.48. The van der Waals surface area contributed by atoms with E-state index in [-0.39, 0.29) is 0 Å². The molecule has 0 aliphatic rings. The lowest BCUT2D eigenvalue weighted by molar-refractivity contribution is 0.234. The van der Waals surface area contributed by atoms with E-state index in [0.717, 1.165) is 17.0 Å². The van der Waals surface area contributed by atoms with E-state index in [1.807, 2.05) is 57.2 Å². The van der Waals surface area contributed by atoms with Gasteiger partial charge in [0.1, 0.15) is 11.2 Å². The average Bonchev–Trinajstić information content (AvgIpc) is 2.65. The van der Waals surface area contributed by atoms with Crippen LogP contribution >= 0.6 is 0 Å². The number of rotatable bonds is 3. The first kappa shape index (κ1) is 12.6. The fraction of sp³-hybridized carbons (Fsp3) is 0.429. The fourth-order valence-electron chi connectivity index (χ4n) is 2.00. The van der Waals surface area contributed by atoms with E-state index in [1.54, 1.807) is 0 Å². The van der Waals surface area contributed by atoms with Gasteiger partial charge >= 0.3 is 0 Å². The summed E-state index contributed by atoms with van der Waals surface area (Å²) in [5, 5.41) is 9.40. The van der Waals surface area contributed by atoms with Crippen LogP contribution in [0.1, 0.15) is 18.3 Å². The summed E-state index contributed by atoms with van der Waals surface area (Å²) >= 11 is 0. The highest BCUT2D eigenvalue weighted by Crippen LogP contribution is 2.21. The quantitative estimate of drug-likeness (QED) is 0.827. The van der Waals surface area contributed by atoms with Crippen LogP contribution in [-0.4, -0.2) is 33.9 Å². The Balaban J connectivity index is 2.50. The van der Waals surface area contributed by atoms with E-state index in [9.17, 15) is 5.26 Å². The number of nitriles is 1. The van der Waals surface area contributed by atoms with Gasteiger partial charge in [-0.3, -0.25) is 4.90 Å². The first-order valence-electron chi connectivity index (χ1n) is 5.99. The Morgan fingerprint density at radius 1 is 1.44 bits per heavy atom. The molecular weight excluding hydrogens is 224 g/mol. The predicted octanol–water partition coefficient (Wildman–Crippen LogP) is 2.03. The van der Waals surface area contributed by atoms with Crippen LogP contribution in [0.25, 0.3) is 5.65 Å². The molecule has 0 radical (unpaired) electrons. The summed E-state index contributed by atoms with van der Waals surface area (Å²) in [6.07, 6.45) is 2.66. The molecule has 2 aromatic rings. The van der Waals surface area contributed by atoms with Crippen LogP contribution in [0.15, 0.2) is 24.4 Å². The molecule has 4 nitrogen and oxygen atoms in total. The molecule has 2 heterocycles. The maximum Gasteiger partial charge on any atom is 0.137 e. The Kier molecular flexibility index (Phi) is 3.10. The molecule has 0 amide bonds. The molecular formula is C14H18N4. The molecule has 0 N–H and O–H groups in total. The minimum absolute atomic E-state index is 0.517. The molecule has 0 aliphatic carbocycles. The number of nitrogens with zero attached hydrogens (tertiary/aromatic N) is 4. The predicted molar refractivity (Wildman–Crippen MR) is 71.3 cm³/mol. The second-order valence-electron chi connectivity index (χ2n) is 5.03. The SMILES string of the molecule is Cc1nc2ccccn2c1CC(C)(C#N)N(C)C. The molecule has 0 saturated carbocycles. The number of hydrogen-bond donors (Lipinski definition) is 0. The summed E-state index contributed by atoms with van der Waals surface area (Å²) in [6.45, 7) is 3.95. The topological polar surface area (TPSA) is 44.3 Å². The molecule has 2 aromatic heterocycles. The van der Waals surface area contributed by atoms with Gasteiger partial charge in [0, 0.05) is 18.3 Å². The third kappa shape index (κ3) is 1.98. The molecule has 0 saturated heterocycles. The van der Waals surface area contributed by atoms with Crippen molar-refractivity contribution in [1.29, 1.82) is 5.26 Å². The minimum Gasteiger partial charge on any atom is -0.304 e. The van der Waals surface area contributed by atoms with Crippen molar-refractivity contribution in [2.75, 3.05) is 14.1 Å². The Morgan fingerprint density at radius 2 is 2.17 bits per heavy atom. The van der Waals surface area contributed by atoms with Gasteiger partial charge < -0.3 is 4.40 Å². The van der Waals surface area contributed by atoms with Crippen LogP contribution in [-0.2, 0) is 6.42 Å². The van der Waals surface area contributed by atoms with E-state index in [2.05, 4.69) is 15.5 Å². The van der Waals surface area contributed by atoms with Gasteiger partial charge in [-0.2, -0.15) is 5.26 Å². The maximum absolute atomic E-state index is 9.40. The van der Waals surface area contributed by atoms with Crippen LogP contribution in [0, 0.1) is 18.3 Å². The van der Waals surface area contributed by atoms with Crippen LogP contribution < -0.4 is 0 Å². The van der Waals surface area contributed by atoms with Crippen molar-refractivity contribution in [1.82, 2.24) is 14.3 Å². The molecule has 1 atom stereocenters. The largest absolute Gasteiger partial charge is 0.304 e. The van der Waals surface area contributed by atoms with Crippen LogP contribution in [0.2, 0.25) is 0 Å². The number of fused-ring (bicyclic) bond motifs is 1. The zero-order valence-corrected chi connectivity index (χ0v) is 11.3. The number of likely N-dealkylation sites (N-methyl/N-ethyl adjacent to an activating group) is 1. The monoisotopic (exact) mass is 242 g/mol. The molecule has 0 aromatic carbocycles. The van der Waals surface area contributed by atoms with Gasteiger partial charge in [-0.15, -0.1) is 0 Å². The van der Waals surface area contributed by atoms with Crippen LogP contribution in [0.5, 0.6) is 0 Å². The van der Waals surface area contributed by atoms with Crippen LogP contribution in [0.4, 0.5) is 0 Å². The first-order chi connectivity index (χ1) is 8.48. The van der Waals surface area contributed by atoms with Gasteiger partial charge in [0.15, 0.2) is 0 Å². The van der Waals surface area contributed by atoms with E-state index in [0.29, 0.717) is 6.42 Å². The van der Waals surface area contributed by atoms with Crippen molar-refractivity contribution in [3.8, 4) is 6.07 Å². The van der Waals surface area contributed by atoms with Gasteiger partial charge in [-0.1, -0.05) is 6.07 Å². The van der Waals surface area contributed by atoms with Crippen molar-refractivity contribution in [2.45, 2.75) is 25.8 Å². The molecule has 94 valence electrons. The van der Waals surface area contributed by atoms with Crippen molar-refractivity contribution in [3.63, 3.8) is 0 Å². The van der Waals surface area contributed by atoms with Gasteiger partial charge in [-0.05, 0) is 40.1 Å². The first-order valence-corrected chi connectivity index (χ1v) is 5.99. The van der Waals surface area contributed by atoms with Crippen molar-refractivity contribution < 1.29 is 0 Å². The second kappa shape index (κ2) is 4.43. The lowest BCUT2D eigenvalue weighted by atomic mass is 9.95. The molecule has 0 fully saturated rings. The lowest BCUT2D eigenvalue weighted by Crippen LogP contribution is -2.42. The van der Waals surface area contributed by atoms with Gasteiger partial charge in [0.05, 0.1) is 11.8 Å². The standard InChI is InChI=1S/C14H18N4/c1-11-12(9-14(2,10-15)17(3)4)18-8-6-5-7-13(18)16-11/h5-8H,9H2,1-4H3. The number of aromatic nitrogens is 2. The van der Waals surface area contributed by atoms with Crippen LogP contribution in [0.3, 0.4) is 0 Å². The zero-order valence-electron chi connectivity index (χ0n) is 11.3. The number of aryl methyl sites for hydroxylation is 1. The Labute approximate surface area is 107 Å². The number of hydrogen-bond acceptors (Lipinski definition) is 3. The summed E-state index contributed by atoms with van der Waals surface area (Å²) < 4.78 is 2.06. The van der Waals surface area contributed by atoms with Crippen molar-refractivity contribution >= 4 is 5.65 Å². The molecule has 0 aliphatic heterocycles. The van der Waals surface area contributed by atoms with E-state index in [1.165, 1.54) is 0 Å². The smallest absolute Gasteiger partial charge is 0.137 e. The minimum atomic E-state index is -0.517. The van der Waals surface area contributed by atoms with E-state index < -0.39 is 5.54 Å². The zero-order chi connectivity index (χ0) is 13.3. The van der Waals surface area contributed by atoms with Gasteiger partial charge in [0.2, 0.25) is 0 Å². The molecule has 2 rings (SSSR count). The third-order valence-corrected chi connectivity index (χ3v) is 3.57. The molecule has 1 unspecified atom stereocenters. The lowest BCUT2D eigenvalue weighted by Gasteiger charge is -2.29. The third-order valence-electron chi connectivity index (χ3n) is 3.57. The van der Waals surface area contributed by atoms with E-state index >= 15 is 0 Å². The Bertz CT molecular complexity index is 606. The Morgan fingerprint density at radius 3 is 2.78 bits per heavy atom. The van der Waals surface area contributed by atoms with Gasteiger partial charge in [-0.25, -0.2) is 4.98 Å². The highest BCUT2D eigenvalue weighted by Gasteiger charge is 2.29. The molecule has 0 bridgehead atoms. The number of pyridine rings is 1. The summed E-state index contributed by atoms with van der Waals surface area (Å²) in [5.41, 5.74) is 2.51. The van der Waals surface area contributed by atoms with Crippen molar-refractivity contribution in [2.24, 2.45) is 0 Å². The Hall–Kier alpha value is -1.86. The normalized spacial score (nSPS) is 14.7. The molecule has 18 heavy (non-hydrogen) atoms. The van der Waals surface area contributed by atoms with Gasteiger partial charge in [0.25, 0.3) is 0 Å².